The fourth-order valence-corrected chi connectivity index (χ4v) is 4.62. The maximum absolute atomic E-state index is 11.5. The van der Waals surface area contributed by atoms with Gasteiger partial charge in [-0.25, -0.2) is 9.48 Å². The minimum Gasteiger partial charge on any atom is -0.490 e. The number of carboxylic acid groups (broad SMARTS) is 1. The summed E-state index contributed by atoms with van der Waals surface area (Å²) in [4.78, 5) is 11.5. The van der Waals surface area contributed by atoms with E-state index in [-0.39, 0.29) is 17.0 Å². The van der Waals surface area contributed by atoms with Crippen LogP contribution in [0, 0.1) is 18.3 Å². The van der Waals surface area contributed by atoms with Crippen LogP contribution in [0.25, 0.3) is 5.69 Å². The Bertz CT molecular complexity index is 1620. The fraction of sp³-hybridized carbons (Fsp3) is 0.167. The molecule has 1 aliphatic rings. The predicted molar refractivity (Wildman–Crippen MR) is 143 cm³/mol. The van der Waals surface area contributed by atoms with Crippen molar-refractivity contribution in [3.63, 3.8) is 0 Å². The van der Waals surface area contributed by atoms with Gasteiger partial charge < -0.3 is 25.1 Å². The van der Waals surface area contributed by atoms with Crippen molar-refractivity contribution in [1.82, 2.24) is 9.78 Å². The maximum atomic E-state index is 11.5. The first-order valence-corrected chi connectivity index (χ1v) is 12.4. The lowest BCUT2D eigenvalue weighted by Gasteiger charge is -2.25. The van der Waals surface area contributed by atoms with E-state index in [0.717, 1.165) is 11.1 Å². The second kappa shape index (κ2) is 10.6. The zero-order valence-corrected chi connectivity index (χ0v) is 21.4. The number of aryl methyl sites for hydroxylation is 1. The van der Waals surface area contributed by atoms with Gasteiger partial charge in [-0.15, -0.1) is 0 Å². The second-order valence-corrected chi connectivity index (χ2v) is 8.91. The van der Waals surface area contributed by atoms with E-state index in [1.165, 1.54) is 16.8 Å². The van der Waals surface area contributed by atoms with Crippen LogP contribution < -0.4 is 19.9 Å². The van der Waals surface area contributed by atoms with Crippen molar-refractivity contribution in [2.24, 2.45) is 5.73 Å². The number of carbonyl (C=O) groups is 1. The largest absolute Gasteiger partial charge is 0.490 e. The number of fused-ring (bicyclic) bond motifs is 1. The van der Waals surface area contributed by atoms with Crippen molar-refractivity contribution in [2.45, 2.75) is 26.4 Å². The van der Waals surface area contributed by atoms with Crippen LogP contribution in [0.1, 0.15) is 45.6 Å². The normalized spacial score (nSPS) is 14.2. The van der Waals surface area contributed by atoms with Crippen molar-refractivity contribution in [2.75, 3.05) is 6.61 Å². The summed E-state index contributed by atoms with van der Waals surface area (Å²) < 4.78 is 19.4. The summed E-state index contributed by atoms with van der Waals surface area (Å²) in [5.41, 5.74) is 10.1. The van der Waals surface area contributed by atoms with Crippen molar-refractivity contribution >= 4 is 5.97 Å². The van der Waals surface area contributed by atoms with Crippen LogP contribution in [0.2, 0.25) is 0 Å². The summed E-state index contributed by atoms with van der Waals surface area (Å²) in [5.74, 6) is -0.263. The van der Waals surface area contributed by atoms with Crippen LogP contribution in [-0.2, 0) is 6.61 Å². The van der Waals surface area contributed by atoms with Gasteiger partial charge >= 0.3 is 5.97 Å². The number of ether oxygens (including phenoxy) is 3. The molecule has 39 heavy (non-hydrogen) atoms. The molecule has 3 aromatic carbocycles. The Morgan fingerprint density at radius 1 is 1.10 bits per heavy atom. The molecule has 3 N–H and O–H groups in total. The average molecular weight is 523 g/mol. The second-order valence-electron chi connectivity index (χ2n) is 8.91. The molecule has 0 radical (unpaired) electrons. The first kappa shape index (κ1) is 25.4. The highest BCUT2D eigenvalue weighted by Gasteiger charge is 2.36. The molecule has 1 aromatic heterocycles. The number of nitriles is 1. The summed E-state index contributed by atoms with van der Waals surface area (Å²) in [6, 6.07) is 23.9. The van der Waals surface area contributed by atoms with Crippen LogP contribution in [0.3, 0.4) is 0 Å². The molecule has 5 rings (SSSR count). The topological polar surface area (TPSA) is 133 Å². The number of rotatable bonds is 8. The Morgan fingerprint density at radius 3 is 2.62 bits per heavy atom. The highest BCUT2D eigenvalue weighted by atomic mass is 16.5. The smallest absolute Gasteiger partial charge is 0.335 e. The standard InChI is InChI=1S/C30H26N4O5/c1-3-37-25-15-20(12-13-24(25)38-17-19-8-5-4-6-9-19)27-23(16-31)28(32)39-29-26(27)18(2)33-34(29)22-11-7-10-21(14-22)30(35)36/h4-15,27H,3,17,32H2,1-2H3,(H,35,36). The van der Waals surface area contributed by atoms with Gasteiger partial charge in [0.15, 0.2) is 11.5 Å². The first-order chi connectivity index (χ1) is 18.9. The molecule has 1 unspecified atom stereocenters. The van der Waals surface area contributed by atoms with E-state index < -0.39 is 11.9 Å². The molecule has 0 saturated heterocycles. The van der Waals surface area contributed by atoms with E-state index in [2.05, 4.69) is 11.2 Å². The van der Waals surface area contributed by atoms with Crippen LogP contribution in [0.5, 0.6) is 17.4 Å². The third kappa shape index (κ3) is 4.88. The van der Waals surface area contributed by atoms with Crippen LogP contribution in [-0.4, -0.2) is 27.5 Å². The molecule has 0 spiro atoms. The van der Waals surface area contributed by atoms with Gasteiger partial charge in [0.2, 0.25) is 11.8 Å². The van der Waals surface area contributed by atoms with E-state index in [9.17, 15) is 15.2 Å². The molecule has 2 heterocycles. The molecular weight excluding hydrogens is 496 g/mol. The lowest BCUT2D eigenvalue weighted by molar-refractivity contribution is 0.0696. The highest BCUT2D eigenvalue weighted by molar-refractivity contribution is 5.88. The molecule has 9 heteroatoms. The van der Waals surface area contributed by atoms with Gasteiger partial charge in [0.25, 0.3) is 0 Å². The molecule has 0 amide bonds. The molecule has 0 aliphatic carbocycles. The molecule has 1 aliphatic heterocycles. The monoisotopic (exact) mass is 522 g/mol. The highest BCUT2D eigenvalue weighted by Crippen LogP contribution is 2.46. The van der Waals surface area contributed by atoms with E-state index in [1.807, 2.05) is 62.4 Å². The number of aromatic carboxylic acids is 1. The number of hydrogen-bond acceptors (Lipinski definition) is 7. The predicted octanol–water partition coefficient (Wildman–Crippen LogP) is 5.07. The molecule has 0 saturated carbocycles. The van der Waals surface area contributed by atoms with Crippen LogP contribution in [0.15, 0.2) is 84.3 Å². The Balaban J connectivity index is 1.58. The lowest BCUT2D eigenvalue weighted by Crippen LogP contribution is -2.22. The summed E-state index contributed by atoms with van der Waals surface area (Å²) in [5, 5.41) is 24.1. The van der Waals surface area contributed by atoms with Crippen LogP contribution >= 0.6 is 0 Å². The third-order valence-electron chi connectivity index (χ3n) is 6.41. The number of carboxylic acids is 1. The molecule has 0 fully saturated rings. The zero-order valence-electron chi connectivity index (χ0n) is 21.4. The number of allylic oxidation sites excluding steroid dienone is 1. The van der Waals surface area contributed by atoms with Crippen molar-refractivity contribution in [1.29, 1.82) is 5.26 Å². The molecule has 0 bridgehead atoms. The van der Waals surface area contributed by atoms with E-state index in [1.54, 1.807) is 12.1 Å². The van der Waals surface area contributed by atoms with Gasteiger partial charge in [0.1, 0.15) is 18.2 Å². The van der Waals surface area contributed by atoms with Crippen molar-refractivity contribution in [3.8, 4) is 29.1 Å². The van der Waals surface area contributed by atoms with Gasteiger partial charge in [0, 0.05) is 0 Å². The first-order valence-electron chi connectivity index (χ1n) is 12.4. The van der Waals surface area contributed by atoms with Gasteiger partial charge in [-0.2, -0.15) is 10.4 Å². The number of aromatic nitrogens is 2. The summed E-state index contributed by atoms with van der Waals surface area (Å²) in [6.07, 6.45) is 0. The van der Waals surface area contributed by atoms with E-state index >= 15 is 0 Å². The zero-order chi connectivity index (χ0) is 27.5. The van der Waals surface area contributed by atoms with Gasteiger partial charge in [0.05, 0.1) is 35.0 Å². The molecule has 1 atom stereocenters. The SMILES string of the molecule is CCOc1cc(C2C(C#N)=C(N)Oc3c2c(C)nn3-c2cccc(C(=O)O)c2)ccc1OCc1ccccc1. The fourth-order valence-electron chi connectivity index (χ4n) is 4.62. The summed E-state index contributed by atoms with van der Waals surface area (Å²) >= 11 is 0. The Hall–Kier alpha value is -5.23. The minimum atomic E-state index is -1.06. The maximum Gasteiger partial charge on any atom is 0.335 e. The Labute approximate surface area is 225 Å². The molecular formula is C30H26N4O5. The van der Waals surface area contributed by atoms with Crippen LogP contribution in [0.4, 0.5) is 0 Å². The summed E-state index contributed by atoms with van der Waals surface area (Å²) in [7, 11) is 0. The van der Waals surface area contributed by atoms with Gasteiger partial charge in [-0.05, 0) is 55.3 Å². The van der Waals surface area contributed by atoms with Crippen molar-refractivity contribution in [3.05, 3.63) is 112 Å². The Kier molecular flexibility index (Phi) is 6.93. The average Bonchev–Trinajstić information content (AvgIpc) is 3.27. The lowest BCUT2D eigenvalue weighted by atomic mass is 9.84. The number of benzene rings is 3. The summed E-state index contributed by atoms with van der Waals surface area (Å²) in [6.45, 7) is 4.49. The molecule has 4 aromatic rings. The van der Waals surface area contributed by atoms with E-state index in [0.29, 0.717) is 47.5 Å². The van der Waals surface area contributed by atoms with Gasteiger partial charge in [-0.1, -0.05) is 42.5 Å². The molecule has 9 nitrogen and oxygen atoms in total. The number of hydrogen-bond donors (Lipinski definition) is 2. The van der Waals surface area contributed by atoms with Crippen molar-refractivity contribution < 1.29 is 24.1 Å². The number of nitrogens with two attached hydrogens (primary N) is 1. The van der Waals surface area contributed by atoms with Gasteiger partial charge in [-0.3, -0.25) is 0 Å². The number of nitrogens with zero attached hydrogens (tertiary/aromatic N) is 3. The Morgan fingerprint density at radius 2 is 1.90 bits per heavy atom. The quantitative estimate of drug-likeness (QED) is 0.328. The molecule has 196 valence electrons. The minimum absolute atomic E-state index is 0.0482. The van der Waals surface area contributed by atoms with E-state index in [4.69, 9.17) is 19.9 Å². The third-order valence-corrected chi connectivity index (χ3v) is 6.41.